The molecule has 0 aliphatic heterocycles. The van der Waals surface area contributed by atoms with Crippen LogP contribution in [-0.4, -0.2) is 16.5 Å². The second-order valence-corrected chi connectivity index (χ2v) is 5.96. The van der Waals surface area contributed by atoms with Crippen molar-refractivity contribution in [3.05, 3.63) is 24.0 Å². The minimum absolute atomic E-state index is 0.357. The fourth-order valence-electron chi connectivity index (χ4n) is 2.65. The SMILES string of the molecule is NC(=S)c1ccc(NCC(C2CC2)C2CC2)cn1. The highest BCUT2D eigenvalue weighted by Crippen LogP contribution is 2.49. The Hall–Kier alpha value is -1.16. The molecule has 0 unspecified atom stereocenters. The Morgan fingerprint density at radius 2 is 2.00 bits per heavy atom. The van der Waals surface area contributed by atoms with E-state index in [1.54, 1.807) is 0 Å². The first kappa shape index (κ1) is 11.9. The van der Waals surface area contributed by atoms with Gasteiger partial charge in [-0.05, 0) is 55.6 Å². The maximum atomic E-state index is 5.53. The maximum absolute atomic E-state index is 5.53. The fourth-order valence-corrected chi connectivity index (χ4v) is 2.77. The number of pyridine rings is 1. The molecule has 2 aliphatic rings. The molecule has 96 valence electrons. The van der Waals surface area contributed by atoms with Crippen molar-refractivity contribution >= 4 is 22.9 Å². The quantitative estimate of drug-likeness (QED) is 0.773. The lowest BCUT2D eigenvalue weighted by Gasteiger charge is -2.17. The normalized spacial score (nSPS) is 18.9. The number of nitrogens with zero attached hydrogens (tertiary/aromatic N) is 1. The summed E-state index contributed by atoms with van der Waals surface area (Å²) in [6, 6.07) is 3.90. The summed E-state index contributed by atoms with van der Waals surface area (Å²) in [6.07, 6.45) is 7.55. The van der Waals surface area contributed by atoms with E-state index in [9.17, 15) is 0 Å². The Balaban J connectivity index is 1.56. The summed E-state index contributed by atoms with van der Waals surface area (Å²) in [5.41, 5.74) is 7.29. The van der Waals surface area contributed by atoms with Crippen LogP contribution in [0, 0.1) is 17.8 Å². The van der Waals surface area contributed by atoms with Crippen LogP contribution in [-0.2, 0) is 0 Å². The molecule has 3 N–H and O–H groups in total. The summed E-state index contributed by atoms with van der Waals surface area (Å²) in [5, 5.41) is 3.51. The minimum Gasteiger partial charge on any atom is -0.388 e. The van der Waals surface area contributed by atoms with Gasteiger partial charge in [0.05, 0.1) is 17.6 Å². The molecule has 0 atom stereocenters. The second kappa shape index (κ2) is 4.84. The van der Waals surface area contributed by atoms with Crippen LogP contribution in [0.3, 0.4) is 0 Å². The van der Waals surface area contributed by atoms with Crippen molar-refractivity contribution in [2.45, 2.75) is 25.7 Å². The van der Waals surface area contributed by atoms with Gasteiger partial charge in [0.2, 0.25) is 0 Å². The first-order valence-electron chi connectivity index (χ1n) is 6.74. The van der Waals surface area contributed by atoms with Gasteiger partial charge in [-0.15, -0.1) is 0 Å². The number of nitrogens with two attached hydrogens (primary N) is 1. The van der Waals surface area contributed by atoms with Gasteiger partial charge < -0.3 is 11.1 Å². The van der Waals surface area contributed by atoms with Crippen LogP contribution in [0.4, 0.5) is 5.69 Å². The molecule has 0 aromatic carbocycles. The predicted octanol–water partition coefficient (Wildman–Crippen LogP) is 2.56. The van der Waals surface area contributed by atoms with E-state index in [1.807, 2.05) is 18.3 Å². The van der Waals surface area contributed by atoms with Crippen molar-refractivity contribution in [2.24, 2.45) is 23.5 Å². The van der Waals surface area contributed by atoms with Gasteiger partial charge in [0.15, 0.2) is 0 Å². The average Bonchev–Trinajstić information content (AvgIpc) is 3.24. The molecule has 2 fully saturated rings. The lowest BCUT2D eigenvalue weighted by Crippen LogP contribution is -2.18. The Morgan fingerprint density at radius 3 is 2.44 bits per heavy atom. The molecule has 0 spiro atoms. The van der Waals surface area contributed by atoms with E-state index >= 15 is 0 Å². The highest BCUT2D eigenvalue weighted by Gasteiger charge is 2.40. The largest absolute Gasteiger partial charge is 0.388 e. The second-order valence-electron chi connectivity index (χ2n) is 5.52. The number of aromatic nitrogens is 1. The molecule has 0 amide bonds. The molecule has 0 radical (unpaired) electrons. The fraction of sp³-hybridized carbons (Fsp3) is 0.571. The molecule has 1 aromatic rings. The molecule has 1 heterocycles. The highest BCUT2D eigenvalue weighted by molar-refractivity contribution is 7.80. The van der Waals surface area contributed by atoms with Gasteiger partial charge in [-0.1, -0.05) is 12.2 Å². The lowest BCUT2D eigenvalue weighted by atomic mass is 9.98. The zero-order chi connectivity index (χ0) is 12.5. The van der Waals surface area contributed by atoms with Crippen molar-refractivity contribution in [1.29, 1.82) is 0 Å². The number of rotatable bonds is 6. The van der Waals surface area contributed by atoms with Crippen LogP contribution in [0.5, 0.6) is 0 Å². The maximum Gasteiger partial charge on any atom is 0.122 e. The van der Waals surface area contributed by atoms with Gasteiger partial charge in [-0.3, -0.25) is 4.98 Å². The van der Waals surface area contributed by atoms with Crippen LogP contribution in [0.2, 0.25) is 0 Å². The highest BCUT2D eigenvalue weighted by atomic mass is 32.1. The topological polar surface area (TPSA) is 50.9 Å². The van der Waals surface area contributed by atoms with Crippen molar-refractivity contribution in [3.63, 3.8) is 0 Å². The molecule has 2 aliphatic carbocycles. The molecule has 2 saturated carbocycles. The zero-order valence-electron chi connectivity index (χ0n) is 10.4. The Kier molecular flexibility index (Phi) is 3.20. The van der Waals surface area contributed by atoms with E-state index in [0.29, 0.717) is 10.7 Å². The van der Waals surface area contributed by atoms with Gasteiger partial charge in [-0.2, -0.15) is 0 Å². The Labute approximate surface area is 113 Å². The van der Waals surface area contributed by atoms with Crippen LogP contribution in [0.15, 0.2) is 18.3 Å². The van der Waals surface area contributed by atoms with Gasteiger partial charge in [0.25, 0.3) is 0 Å². The summed E-state index contributed by atoms with van der Waals surface area (Å²) >= 11 is 4.89. The van der Waals surface area contributed by atoms with Crippen LogP contribution in [0.1, 0.15) is 31.4 Å². The molecule has 0 saturated heterocycles. The molecule has 18 heavy (non-hydrogen) atoms. The third-order valence-electron chi connectivity index (χ3n) is 4.01. The summed E-state index contributed by atoms with van der Waals surface area (Å²) in [7, 11) is 0. The first-order valence-corrected chi connectivity index (χ1v) is 7.14. The molecule has 0 bridgehead atoms. The molecule has 4 heteroatoms. The Bertz CT molecular complexity index is 423. The number of anilines is 1. The summed E-state index contributed by atoms with van der Waals surface area (Å²) in [6.45, 7) is 1.09. The van der Waals surface area contributed by atoms with Gasteiger partial charge in [-0.25, -0.2) is 0 Å². The molecular formula is C14H19N3S. The smallest absolute Gasteiger partial charge is 0.122 e. The van der Waals surface area contributed by atoms with E-state index in [-0.39, 0.29) is 0 Å². The van der Waals surface area contributed by atoms with Gasteiger partial charge in [0.1, 0.15) is 4.99 Å². The zero-order valence-corrected chi connectivity index (χ0v) is 11.2. The van der Waals surface area contributed by atoms with Crippen molar-refractivity contribution in [2.75, 3.05) is 11.9 Å². The average molecular weight is 261 g/mol. The molecular weight excluding hydrogens is 242 g/mol. The number of hydrogen-bond acceptors (Lipinski definition) is 3. The van der Waals surface area contributed by atoms with Crippen LogP contribution < -0.4 is 11.1 Å². The van der Waals surface area contributed by atoms with E-state index in [4.69, 9.17) is 18.0 Å². The minimum atomic E-state index is 0.357. The van der Waals surface area contributed by atoms with E-state index in [0.717, 1.165) is 30.0 Å². The van der Waals surface area contributed by atoms with Crippen molar-refractivity contribution < 1.29 is 0 Å². The lowest BCUT2D eigenvalue weighted by molar-refractivity contribution is 0.428. The van der Waals surface area contributed by atoms with E-state index in [1.165, 1.54) is 25.7 Å². The van der Waals surface area contributed by atoms with Crippen molar-refractivity contribution in [3.8, 4) is 0 Å². The van der Waals surface area contributed by atoms with E-state index in [2.05, 4.69) is 10.3 Å². The summed E-state index contributed by atoms with van der Waals surface area (Å²) < 4.78 is 0. The predicted molar refractivity (Wildman–Crippen MR) is 77.6 cm³/mol. The molecule has 3 rings (SSSR count). The van der Waals surface area contributed by atoms with E-state index < -0.39 is 0 Å². The van der Waals surface area contributed by atoms with Crippen LogP contribution in [0.25, 0.3) is 0 Å². The monoisotopic (exact) mass is 261 g/mol. The first-order chi connectivity index (χ1) is 8.74. The Morgan fingerprint density at radius 1 is 1.33 bits per heavy atom. The standard InChI is InChI=1S/C14H19N3S/c15-14(18)13-6-5-11(7-17-13)16-8-12(9-1-2-9)10-3-4-10/h5-7,9-10,12,16H,1-4,8H2,(H2,15,18). The third kappa shape index (κ3) is 2.80. The van der Waals surface area contributed by atoms with Gasteiger partial charge in [0, 0.05) is 6.54 Å². The van der Waals surface area contributed by atoms with Crippen LogP contribution >= 0.6 is 12.2 Å². The number of thiocarbonyl (C=S) groups is 1. The van der Waals surface area contributed by atoms with Crippen molar-refractivity contribution in [1.82, 2.24) is 4.98 Å². The number of hydrogen-bond donors (Lipinski definition) is 2. The summed E-state index contributed by atoms with van der Waals surface area (Å²) in [4.78, 5) is 4.61. The van der Waals surface area contributed by atoms with Gasteiger partial charge >= 0.3 is 0 Å². The molecule has 3 nitrogen and oxygen atoms in total. The number of nitrogens with one attached hydrogen (secondary N) is 1. The molecule has 1 aromatic heterocycles. The summed E-state index contributed by atoms with van der Waals surface area (Å²) in [5.74, 6) is 2.84. The third-order valence-corrected chi connectivity index (χ3v) is 4.22.